The average Bonchev–Trinajstić information content (AvgIpc) is 2.90. The van der Waals surface area contributed by atoms with E-state index in [0.29, 0.717) is 0 Å². The molecule has 0 saturated carbocycles. The smallest absolute Gasteiger partial charge is 0.0653 e. The Balaban J connectivity index is 0.00000120. The molecule has 0 atom stereocenters. The molecular formula is C14H10IrN3-. The summed E-state index contributed by atoms with van der Waals surface area (Å²) >= 11 is 0. The van der Waals surface area contributed by atoms with E-state index < -0.39 is 0 Å². The van der Waals surface area contributed by atoms with E-state index in [1.807, 2.05) is 60.8 Å². The molecule has 0 amide bonds. The van der Waals surface area contributed by atoms with E-state index in [0.717, 1.165) is 16.9 Å². The van der Waals surface area contributed by atoms with Gasteiger partial charge in [0, 0.05) is 32.0 Å². The molecule has 2 aromatic carbocycles. The van der Waals surface area contributed by atoms with Gasteiger partial charge in [0.1, 0.15) is 0 Å². The van der Waals surface area contributed by atoms with Crippen molar-refractivity contribution < 1.29 is 20.1 Å². The number of benzene rings is 2. The van der Waals surface area contributed by atoms with Crippen molar-refractivity contribution in [2.75, 3.05) is 0 Å². The van der Waals surface area contributed by atoms with Gasteiger partial charge in [-0.2, -0.15) is 5.10 Å². The van der Waals surface area contributed by atoms with Crippen LogP contribution < -0.4 is 0 Å². The summed E-state index contributed by atoms with van der Waals surface area (Å²) in [5.74, 6) is 0. The van der Waals surface area contributed by atoms with Crippen molar-refractivity contribution in [2.24, 2.45) is 0 Å². The van der Waals surface area contributed by atoms with Gasteiger partial charge < -0.3 is 0 Å². The Morgan fingerprint density at radius 1 is 0.944 bits per heavy atom. The van der Waals surface area contributed by atoms with Gasteiger partial charge >= 0.3 is 0 Å². The van der Waals surface area contributed by atoms with Crippen molar-refractivity contribution in [2.45, 2.75) is 0 Å². The van der Waals surface area contributed by atoms with Gasteiger partial charge in [-0.05, 0) is 12.1 Å². The van der Waals surface area contributed by atoms with Crippen LogP contribution in [-0.2, 0) is 20.1 Å². The molecule has 4 heteroatoms. The van der Waals surface area contributed by atoms with Crippen molar-refractivity contribution in [3.8, 4) is 16.9 Å². The first-order chi connectivity index (χ1) is 8.43. The van der Waals surface area contributed by atoms with Gasteiger partial charge in [0.15, 0.2) is 0 Å². The van der Waals surface area contributed by atoms with Gasteiger partial charge in [-0.3, -0.25) is 0 Å². The molecule has 0 saturated heterocycles. The van der Waals surface area contributed by atoms with E-state index in [2.05, 4.69) is 16.4 Å². The van der Waals surface area contributed by atoms with Gasteiger partial charge in [-0.25, -0.2) is 4.68 Å². The summed E-state index contributed by atoms with van der Waals surface area (Å²) < 4.78 is 1.76. The van der Waals surface area contributed by atoms with Crippen LogP contribution in [0.4, 0.5) is 0 Å². The predicted octanol–water partition coefficient (Wildman–Crippen LogP) is 2.73. The Hall–Kier alpha value is -1.77. The third-order valence-corrected chi connectivity index (χ3v) is 2.50. The topological polar surface area (TPSA) is 30.7 Å². The van der Waals surface area contributed by atoms with Gasteiger partial charge in [0.25, 0.3) is 0 Å². The average molecular weight is 412 g/mol. The minimum Gasteiger partial charge on any atom is -0.230 e. The minimum absolute atomic E-state index is 0. The first-order valence-electron chi connectivity index (χ1n) is 5.38. The molecule has 1 radical (unpaired) electrons. The van der Waals surface area contributed by atoms with Crippen molar-refractivity contribution in [1.82, 2.24) is 15.0 Å². The monoisotopic (exact) mass is 413 g/mol. The number of aromatic nitrogens is 3. The van der Waals surface area contributed by atoms with E-state index >= 15 is 0 Å². The Labute approximate surface area is 119 Å². The molecule has 0 bridgehead atoms. The molecule has 0 aliphatic heterocycles. The van der Waals surface area contributed by atoms with E-state index in [1.165, 1.54) is 0 Å². The van der Waals surface area contributed by atoms with Gasteiger partial charge in [0.2, 0.25) is 0 Å². The summed E-state index contributed by atoms with van der Waals surface area (Å²) in [6.07, 6.45) is 1.90. The Morgan fingerprint density at radius 3 is 2.44 bits per heavy atom. The molecule has 91 valence electrons. The quantitative estimate of drug-likeness (QED) is 0.606. The Morgan fingerprint density at radius 2 is 1.72 bits per heavy atom. The molecule has 0 N–H and O–H groups in total. The first-order valence-corrected chi connectivity index (χ1v) is 5.38. The number of nitrogens with zero attached hydrogens (tertiary/aromatic N) is 3. The molecular weight excluding hydrogens is 402 g/mol. The van der Waals surface area contributed by atoms with Gasteiger partial charge in [-0.1, -0.05) is 23.4 Å². The minimum atomic E-state index is 0. The van der Waals surface area contributed by atoms with E-state index in [4.69, 9.17) is 0 Å². The second-order valence-corrected chi connectivity index (χ2v) is 3.66. The maximum atomic E-state index is 4.14. The van der Waals surface area contributed by atoms with Crippen LogP contribution >= 0.6 is 0 Å². The van der Waals surface area contributed by atoms with E-state index in [9.17, 15) is 0 Å². The van der Waals surface area contributed by atoms with Crippen molar-refractivity contribution in [3.05, 3.63) is 66.9 Å². The molecule has 3 aromatic rings. The summed E-state index contributed by atoms with van der Waals surface area (Å²) in [6, 6.07) is 20.8. The van der Waals surface area contributed by atoms with Crippen LogP contribution in [0.5, 0.6) is 0 Å². The van der Waals surface area contributed by atoms with Gasteiger partial charge in [0.05, 0.1) is 5.69 Å². The molecule has 0 fully saturated rings. The first kappa shape index (κ1) is 12.7. The van der Waals surface area contributed by atoms with Crippen LogP contribution in [-0.4, -0.2) is 15.0 Å². The van der Waals surface area contributed by atoms with Crippen LogP contribution in [0.1, 0.15) is 0 Å². The molecule has 0 aliphatic carbocycles. The third-order valence-electron chi connectivity index (χ3n) is 2.50. The zero-order valence-electron chi connectivity index (χ0n) is 9.45. The predicted molar refractivity (Wildman–Crippen MR) is 65.6 cm³/mol. The summed E-state index contributed by atoms with van der Waals surface area (Å²) in [7, 11) is 0. The Bertz CT molecular complexity index is 551. The van der Waals surface area contributed by atoms with Crippen LogP contribution in [0.3, 0.4) is 0 Å². The largest absolute Gasteiger partial charge is 0.230 e. The fourth-order valence-electron chi connectivity index (χ4n) is 1.65. The van der Waals surface area contributed by atoms with Crippen molar-refractivity contribution in [1.29, 1.82) is 0 Å². The van der Waals surface area contributed by atoms with Crippen LogP contribution in [0.15, 0.2) is 60.8 Å². The number of hydrogen-bond acceptors (Lipinski definition) is 2. The van der Waals surface area contributed by atoms with Crippen LogP contribution in [0.25, 0.3) is 16.9 Å². The normalized spacial score (nSPS) is 9.78. The van der Waals surface area contributed by atoms with Crippen molar-refractivity contribution >= 4 is 0 Å². The molecule has 1 aromatic heterocycles. The summed E-state index contributed by atoms with van der Waals surface area (Å²) in [4.78, 5) is 0. The SMILES string of the molecule is [Ir].[c-]1ccccc1-c1cn(-c2ccccc2)nn1. The number of hydrogen-bond donors (Lipinski definition) is 0. The molecule has 18 heavy (non-hydrogen) atoms. The molecule has 0 spiro atoms. The molecule has 0 unspecified atom stereocenters. The molecule has 0 aliphatic rings. The maximum Gasteiger partial charge on any atom is 0.0653 e. The second-order valence-electron chi connectivity index (χ2n) is 3.66. The van der Waals surface area contributed by atoms with Crippen LogP contribution in [0.2, 0.25) is 0 Å². The zero-order chi connectivity index (χ0) is 11.5. The van der Waals surface area contributed by atoms with Crippen molar-refractivity contribution in [3.63, 3.8) is 0 Å². The Kier molecular flexibility index (Phi) is 4.03. The summed E-state index contributed by atoms with van der Waals surface area (Å²) in [6.45, 7) is 0. The van der Waals surface area contributed by atoms with E-state index in [1.54, 1.807) is 4.68 Å². The fourth-order valence-corrected chi connectivity index (χ4v) is 1.65. The summed E-state index contributed by atoms with van der Waals surface area (Å²) in [5, 5.41) is 8.25. The zero-order valence-corrected chi connectivity index (χ0v) is 11.8. The standard InChI is InChI=1S/C14H10N3.Ir/c1-3-7-12(8-4-1)14-11-17(16-15-14)13-9-5-2-6-10-13;/h1-7,9-11H;/q-1;. The van der Waals surface area contributed by atoms with E-state index in [-0.39, 0.29) is 20.1 Å². The van der Waals surface area contributed by atoms with Gasteiger partial charge in [-0.15, -0.1) is 35.9 Å². The second kappa shape index (κ2) is 5.71. The molecule has 3 rings (SSSR count). The number of rotatable bonds is 2. The summed E-state index contributed by atoms with van der Waals surface area (Å²) in [5.41, 5.74) is 2.78. The number of para-hydroxylation sites is 1. The third kappa shape index (κ3) is 2.55. The molecule has 3 nitrogen and oxygen atoms in total. The fraction of sp³-hybridized carbons (Fsp3) is 0. The van der Waals surface area contributed by atoms with Crippen LogP contribution in [0, 0.1) is 6.07 Å². The maximum absolute atomic E-state index is 4.14. The molecule has 1 heterocycles.